The molecule has 0 spiro atoms. The second kappa shape index (κ2) is 6.10. The highest BCUT2D eigenvalue weighted by atomic mass is 16.5. The molecule has 2 nitrogen and oxygen atoms in total. The van der Waals surface area contributed by atoms with Gasteiger partial charge < -0.3 is 9.47 Å². The minimum atomic E-state index is 0.716. The van der Waals surface area contributed by atoms with Crippen molar-refractivity contribution in [1.82, 2.24) is 0 Å². The SMILES string of the molecule is CCO/C=C/Cc1ccc2cc(OC)ccc2c1. The van der Waals surface area contributed by atoms with Gasteiger partial charge in [0, 0.05) is 0 Å². The van der Waals surface area contributed by atoms with Crippen molar-refractivity contribution in [3.05, 3.63) is 54.3 Å². The highest BCUT2D eigenvalue weighted by molar-refractivity contribution is 5.84. The highest BCUT2D eigenvalue weighted by Gasteiger charge is 1.97. The Morgan fingerprint density at radius 2 is 1.83 bits per heavy atom. The Labute approximate surface area is 108 Å². The van der Waals surface area contributed by atoms with Crippen LogP contribution in [-0.2, 0) is 11.2 Å². The van der Waals surface area contributed by atoms with Gasteiger partial charge in [0.15, 0.2) is 0 Å². The van der Waals surface area contributed by atoms with Gasteiger partial charge in [-0.1, -0.05) is 24.3 Å². The summed E-state index contributed by atoms with van der Waals surface area (Å²) >= 11 is 0. The summed E-state index contributed by atoms with van der Waals surface area (Å²) in [4.78, 5) is 0. The van der Waals surface area contributed by atoms with Gasteiger partial charge in [0.1, 0.15) is 5.75 Å². The number of ether oxygens (including phenoxy) is 2. The van der Waals surface area contributed by atoms with Crippen molar-refractivity contribution >= 4 is 10.8 Å². The second-order valence-corrected chi connectivity index (χ2v) is 4.08. The summed E-state index contributed by atoms with van der Waals surface area (Å²) in [5, 5.41) is 2.44. The summed E-state index contributed by atoms with van der Waals surface area (Å²) in [5.41, 5.74) is 1.28. The molecular formula is C16H18O2. The van der Waals surface area contributed by atoms with E-state index in [1.54, 1.807) is 13.4 Å². The van der Waals surface area contributed by atoms with Crippen molar-refractivity contribution in [3.63, 3.8) is 0 Å². The third-order valence-electron chi connectivity index (χ3n) is 2.82. The molecule has 0 fully saturated rings. The fraction of sp³-hybridized carbons (Fsp3) is 0.250. The van der Waals surface area contributed by atoms with Crippen LogP contribution in [0.3, 0.4) is 0 Å². The van der Waals surface area contributed by atoms with Gasteiger partial charge in [-0.15, -0.1) is 0 Å². The van der Waals surface area contributed by atoms with Crippen molar-refractivity contribution in [2.24, 2.45) is 0 Å². The third kappa shape index (κ3) is 3.04. The van der Waals surface area contributed by atoms with Crippen LogP contribution in [0, 0.1) is 0 Å². The van der Waals surface area contributed by atoms with Crippen molar-refractivity contribution in [2.75, 3.05) is 13.7 Å². The molecule has 0 saturated heterocycles. The Morgan fingerprint density at radius 3 is 2.61 bits per heavy atom. The van der Waals surface area contributed by atoms with Gasteiger partial charge in [-0.05, 0) is 47.9 Å². The first-order chi connectivity index (χ1) is 8.83. The van der Waals surface area contributed by atoms with E-state index in [4.69, 9.17) is 9.47 Å². The normalized spacial score (nSPS) is 11.0. The zero-order valence-electron chi connectivity index (χ0n) is 10.8. The van der Waals surface area contributed by atoms with E-state index in [0.29, 0.717) is 6.61 Å². The van der Waals surface area contributed by atoms with Gasteiger partial charge in [-0.2, -0.15) is 0 Å². The molecule has 2 rings (SSSR count). The maximum absolute atomic E-state index is 5.22. The summed E-state index contributed by atoms with van der Waals surface area (Å²) in [6.07, 6.45) is 4.69. The van der Waals surface area contributed by atoms with Crippen molar-refractivity contribution in [3.8, 4) is 5.75 Å². The first-order valence-electron chi connectivity index (χ1n) is 6.17. The molecular weight excluding hydrogens is 224 g/mol. The zero-order chi connectivity index (χ0) is 12.8. The highest BCUT2D eigenvalue weighted by Crippen LogP contribution is 2.22. The number of fused-ring (bicyclic) bond motifs is 1. The summed E-state index contributed by atoms with van der Waals surface area (Å²) in [6.45, 7) is 2.70. The quantitative estimate of drug-likeness (QED) is 0.739. The van der Waals surface area contributed by atoms with Gasteiger partial charge >= 0.3 is 0 Å². The Bertz CT molecular complexity index is 544. The number of allylic oxidation sites excluding steroid dienone is 1. The van der Waals surface area contributed by atoms with Gasteiger partial charge in [0.05, 0.1) is 20.0 Å². The van der Waals surface area contributed by atoms with E-state index in [-0.39, 0.29) is 0 Å². The van der Waals surface area contributed by atoms with Crippen LogP contribution in [0.1, 0.15) is 12.5 Å². The number of rotatable bonds is 5. The molecule has 0 amide bonds. The number of hydrogen-bond donors (Lipinski definition) is 0. The Kier molecular flexibility index (Phi) is 4.24. The fourth-order valence-electron chi connectivity index (χ4n) is 1.88. The lowest BCUT2D eigenvalue weighted by molar-refractivity contribution is 0.268. The van der Waals surface area contributed by atoms with Crippen LogP contribution in [0.5, 0.6) is 5.75 Å². The lowest BCUT2D eigenvalue weighted by atomic mass is 10.0. The molecule has 94 valence electrons. The van der Waals surface area contributed by atoms with E-state index in [2.05, 4.69) is 30.3 Å². The summed E-state index contributed by atoms with van der Waals surface area (Å²) in [6, 6.07) is 12.6. The topological polar surface area (TPSA) is 18.5 Å². The molecule has 0 saturated carbocycles. The van der Waals surface area contributed by atoms with Gasteiger partial charge in [0.2, 0.25) is 0 Å². The lowest BCUT2D eigenvalue weighted by Crippen LogP contribution is -1.85. The van der Waals surface area contributed by atoms with E-state index < -0.39 is 0 Å². The predicted molar refractivity (Wildman–Crippen MR) is 75.0 cm³/mol. The zero-order valence-corrected chi connectivity index (χ0v) is 10.8. The van der Waals surface area contributed by atoms with Crippen LogP contribution >= 0.6 is 0 Å². The smallest absolute Gasteiger partial charge is 0.119 e. The first-order valence-corrected chi connectivity index (χ1v) is 6.17. The standard InChI is InChI=1S/C16H18O2/c1-3-18-10-4-5-13-6-7-15-12-16(17-2)9-8-14(15)11-13/h4,6-12H,3,5H2,1-2H3/b10-4+. The molecule has 0 aliphatic heterocycles. The molecule has 0 aliphatic carbocycles. The molecule has 2 aromatic rings. The van der Waals surface area contributed by atoms with Crippen LogP contribution in [0.15, 0.2) is 48.7 Å². The summed E-state index contributed by atoms with van der Waals surface area (Å²) < 4.78 is 10.4. The first kappa shape index (κ1) is 12.5. The van der Waals surface area contributed by atoms with Crippen molar-refractivity contribution < 1.29 is 9.47 Å². The molecule has 0 atom stereocenters. The van der Waals surface area contributed by atoms with Crippen molar-refractivity contribution in [2.45, 2.75) is 13.3 Å². The molecule has 2 heteroatoms. The van der Waals surface area contributed by atoms with Crippen LogP contribution < -0.4 is 4.74 Å². The molecule has 0 heterocycles. The monoisotopic (exact) mass is 242 g/mol. The maximum Gasteiger partial charge on any atom is 0.119 e. The molecule has 0 aromatic heterocycles. The van der Waals surface area contributed by atoms with E-state index >= 15 is 0 Å². The Morgan fingerprint density at radius 1 is 1.06 bits per heavy atom. The van der Waals surface area contributed by atoms with Gasteiger partial charge in [0.25, 0.3) is 0 Å². The van der Waals surface area contributed by atoms with Crippen LogP contribution in [0.4, 0.5) is 0 Å². The van der Waals surface area contributed by atoms with Crippen LogP contribution in [0.2, 0.25) is 0 Å². The van der Waals surface area contributed by atoms with Gasteiger partial charge in [-0.25, -0.2) is 0 Å². The van der Waals surface area contributed by atoms with Crippen LogP contribution in [-0.4, -0.2) is 13.7 Å². The predicted octanol–water partition coefficient (Wildman–Crippen LogP) is 3.94. The average Bonchev–Trinajstić information content (AvgIpc) is 2.43. The minimum absolute atomic E-state index is 0.716. The summed E-state index contributed by atoms with van der Waals surface area (Å²) in [5.74, 6) is 0.895. The number of hydrogen-bond acceptors (Lipinski definition) is 2. The number of methoxy groups -OCH3 is 1. The minimum Gasteiger partial charge on any atom is -0.502 e. The maximum atomic E-state index is 5.22. The summed E-state index contributed by atoms with van der Waals surface area (Å²) in [7, 11) is 1.69. The van der Waals surface area contributed by atoms with Gasteiger partial charge in [-0.3, -0.25) is 0 Å². The Balaban J connectivity index is 2.17. The molecule has 0 radical (unpaired) electrons. The van der Waals surface area contributed by atoms with Crippen molar-refractivity contribution in [1.29, 1.82) is 0 Å². The average molecular weight is 242 g/mol. The van der Waals surface area contributed by atoms with E-state index in [1.807, 2.05) is 19.1 Å². The van der Waals surface area contributed by atoms with E-state index in [1.165, 1.54) is 16.3 Å². The lowest BCUT2D eigenvalue weighted by Gasteiger charge is -2.04. The van der Waals surface area contributed by atoms with E-state index in [0.717, 1.165) is 12.2 Å². The largest absolute Gasteiger partial charge is 0.502 e. The molecule has 0 aliphatic rings. The molecule has 0 N–H and O–H groups in total. The second-order valence-electron chi connectivity index (χ2n) is 4.08. The number of benzene rings is 2. The molecule has 18 heavy (non-hydrogen) atoms. The Hall–Kier alpha value is -1.96. The fourth-order valence-corrected chi connectivity index (χ4v) is 1.88. The van der Waals surface area contributed by atoms with Crippen LogP contribution in [0.25, 0.3) is 10.8 Å². The van der Waals surface area contributed by atoms with E-state index in [9.17, 15) is 0 Å². The molecule has 0 bridgehead atoms. The molecule has 2 aromatic carbocycles. The molecule has 0 unspecified atom stereocenters. The third-order valence-corrected chi connectivity index (χ3v) is 2.82.